The van der Waals surface area contributed by atoms with Gasteiger partial charge in [0.2, 0.25) is 5.91 Å². The van der Waals surface area contributed by atoms with Crippen LogP contribution in [-0.4, -0.2) is 63.8 Å². The van der Waals surface area contributed by atoms with E-state index in [9.17, 15) is 14.7 Å². The summed E-state index contributed by atoms with van der Waals surface area (Å²) in [5.41, 5.74) is -0.367. The first-order chi connectivity index (χ1) is 11.8. The first-order valence-corrected chi connectivity index (χ1v) is 9.36. The molecule has 2 rings (SSSR count). The largest absolute Gasteiger partial charge is 0.465 e. The number of carboxylic acid groups (broad SMARTS) is 1. The van der Waals surface area contributed by atoms with Gasteiger partial charge in [-0.05, 0) is 30.5 Å². The average molecular weight is 413 g/mol. The summed E-state index contributed by atoms with van der Waals surface area (Å²) in [4.78, 5) is 27.3. The van der Waals surface area contributed by atoms with E-state index in [1.54, 1.807) is 4.90 Å². The Bertz CT molecular complexity index is 625. The fourth-order valence-corrected chi connectivity index (χ4v) is 3.74. The molecule has 0 aromatic heterocycles. The summed E-state index contributed by atoms with van der Waals surface area (Å²) in [6, 6.07) is 7.46. The van der Waals surface area contributed by atoms with Crippen LogP contribution in [0.4, 0.5) is 4.79 Å². The first-order valence-electron chi connectivity index (χ1n) is 8.57. The molecule has 1 atom stereocenters. The Morgan fingerprint density at radius 1 is 1.16 bits per heavy atom. The van der Waals surface area contributed by atoms with Gasteiger partial charge in [0, 0.05) is 30.7 Å². The lowest BCUT2D eigenvalue weighted by atomic mass is 9.77. The standard InChI is InChI=1S/C18H25BrN2O4/c1-3-18(25,4-2)15(13-6-5-7-14(19)12-13)16(22)20-8-10-21(11-9-20)17(23)24/h5-7,12,15,25H,3-4,8-11H2,1-2H3,(H,23,24). The number of benzene rings is 1. The van der Waals surface area contributed by atoms with Crippen LogP contribution in [0.5, 0.6) is 0 Å². The molecule has 1 aromatic carbocycles. The fraction of sp³-hybridized carbons (Fsp3) is 0.556. The van der Waals surface area contributed by atoms with Gasteiger partial charge in [0.05, 0.1) is 11.5 Å². The third kappa shape index (κ3) is 4.33. The van der Waals surface area contributed by atoms with Crippen LogP contribution in [0.3, 0.4) is 0 Å². The van der Waals surface area contributed by atoms with Crippen LogP contribution in [0.25, 0.3) is 0 Å². The smallest absolute Gasteiger partial charge is 0.407 e. The highest BCUT2D eigenvalue weighted by Gasteiger charge is 2.42. The van der Waals surface area contributed by atoms with E-state index in [0.29, 0.717) is 39.0 Å². The van der Waals surface area contributed by atoms with E-state index in [-0.39, 0.29) is 5.91 Å². The summed E-state index contributed by atoms with van der Waals surface area (Å²) in [6.07, 6.45) is -0.0440. The van der Waals surface area contributed by atoms with E-state index in [1.165, 1.54) is 4.90 Å². The van der Waals surface area contributed by atoms with E-state index in [2.05, 4.69) is 15.9 Å². The van der Waals surface area contributed by atoms with Gasteiger partial charge in [-0.15, -0.1) is 0 Å². The molecule has 1 aliphatic heterocycles. The maximum absolute atomic E-state index is 13.2. The molecule has 25 heavy (non-hydrogen) atoms. The summed E-state index contributed by atoms with van der Waals surface area (Å²) in [5, 5.41) is 20.2. The van der Waals surface area contributed by atoms with Crippen molar-refractivity contribution >= 4 is 27.9 Å². The zero-order valence-electron chi connectivity index (χ0n) is 14.6. The highest BCUT2D eigenvalue weighted by molar-refractivity contribution is 9.10. The van der Waals surface area contributed by atoms with Crippen molar-refractivity contribution in [3.05, 3.63) is 34.3 Å². The van der Waals surface area contributed by atoms with Crippen molar-refractivity contribution < 1.29 is 19.8 Å². The molecule has 1 fully saturated rings. The monoisotopic (exact) mass is 412 g/mol. The predicted molar refractivity (Wildman–Crippen MR) is 98.6 cm³/mol. The Hall–Kier alpha value is -1.60. The second-order valence-corrected chi connectivity index (χ2v) is 7.31. The number of hydrogen-bond donors (Lipinski definition) is 2. The number of aliphatic hydroxyl groups is 1. The molecule has 1 aliphatic rings. The molecule has 7 heteroatoms. The lowest BCUT2D eigenvalue weighted by Gasteiger charge is -2.40. The minimum atomic E-state index is -1.14. The van der Waals surface area contributed by atoms with Gasteiger partial charge in [0.15, 0.2) is 0 Å². The maximum Gasteiger partial charge on any atom is 0.407 e. The van der Waals surface area contributed by atoms with Crippen LogP contribution >= 0.6 is 15.9 Å². The lowest BCUT2D eigenvalue weighted by molar-refractivity contribution is -0.141. The fourth-order valence-electron chi connectivity index (χ4n) is 3.33. The number of nitrogens with zero attached hydrogens (tertiary/aromatic N) is 2. The number of piperazine rings is 1. The summed E-state index contributed by atoms with van der Waals surface area (Å²) >= 11 is 3.43. The Balaban J connectivity index is 2.30. The molecule has 6 nitrogen and oxygen atoms in total. The van der Waals surface area contributed by atoms with E-state index < -0.39 is 17.6 Å². The summed E-state index contributed by atoms with van der Waals surface area (Å²) in [7, 11) is 0. The van der Waals surface area contributed by atoms with Crippen molar-refractivity contribution in [1.82, 2.24) is 9.80 Å². The topological polar surface area (TPSA) is 81.1 Å². The second-order valence-electron chi connectivity index (χ2n) is 6.39. The second kappa shape index (κ2) is 8.19. The molecule has 0 aliphatic carbocycles. The number of hydrogen-bond acceptors (Lipinski definition) is 3. The van der Waals surface area contributed by atoms with Gasteiger partial charge < -0.3 is 20.0 Å². The molecule has 2 amide bonds. The number of rotatable bonds is 5. The number of carbonyl (C=O) groups is 2. The minimum Gasteiger partial charge on any atom is -0.465 e. The quantitative estimate of drug-likeness (QED) is 0.778. The van der Waals surface area contributed by atoms with Crippen molar-refractivity contribution in [2.24, 2.45) is 0 Å². The molecule has 1 saturated heterocycles. The van der Waals surface area contributed by atoms with Gasteiger partial charge in [-0.25, -0.2) is 4.79 Å². The summed E-state index contributed by atoms with van der Waals surface area (Å²) in [6.45, 7) is 5.04. The van der Waals surface area contributed by atoms with Gasteiger partial charge in [0.1, 0.15) is 0 Å². The molecule has 2 N–H and O–H groups in total. The van der Waals surface area contributed by atoms with Crippen molar-refractivity contribution in [2.45, 2.75) is 38.2 Å². The van der Waals surface area contributed by atoms with Crippen LogP contribution in [0.1, 0.15) is 38.2 Å². The third-order valence-electron chi connectivity index (χ3n) is 5.05. The molecule has 0 bridgehead atoms. The SMILES string of the molecule is CCC(O)(CC)C(C(=O)N1CCN(C(=O)O)CC1)c1cccc(Br)c1. The van der Waals surface area contributed by atoms with E-state index >= 15 is 0 Å². The Morgan fingerprint density at radius 2 is 1.72 bits per heavy atom. The summed E-state index contributed by atoms with van der Waals surface area (Å²) < 4.78 is 0.855. The van der Waals surface area contributed by atoms with Crippen molar-refractivity contribution in [3.8, 4) is 0 Å². The van der Waals surface area contributed by atoms with Gasteiger partial charge in [0.25, 0.3) is 0 Å². The molecule has 138 valence electrons. The molecule has 0 radical (unpaired) electrons. The third-order valence-corrected chi connectivity index (χ3v) is 5.55. The van der Waals surface area contributed by atoms with Gasteiger partial charge in [-0.2, -0.15) is 0 Å². The van der Waals surface area contributed by atoms with E-state index in [0.717, 1.165) is 10.0 Å². The van der Waals surface area contributed by atoms with Gasteiger partial charge >= 0.3 is 6.09 Å². The zero-order chi connectivity index (χ0) is 18.6. The summed E-state index contributed by atoms with van der Waals surface area (Å²) in [5.74, 6) is -0.814. The highest BCUT2D eigenvalue weighted by atomic mass is 79.9. The Kier molecular flexibility index (Phi) is 6.46. The number of amides is 2. The van der Waals surface area contributed by atoms with E-state index in [1.807, 2.05) is 38.1 Å². The normalized spacial score (nSPS) is 16.6. The lowest BCUT2D eigenvalue weighted by Crippen LogP contribution is -2.54. The van der Waals surface area contributed by atoms with Crippen LogP contribution in [0.2, 0.25) is 0 Å². The van der Waals surface area contributed by atoms with Gasteiger partial charge in [-0.1, -0.05) is 41.9 Å². The van der Waals surface area contributed by atoms with Crippen LogP contribution in [0, 0.1) is 0 Å². The number of halogens is 1. The van der Waals surface area contributed by atoms with Crippen molar-refractivity contribution in [1.29, 1.82) is 0 Å². The minimum absolute atomic E-state index is 0.144. The molecule has 0 saturated carbocycles. The molecule has 1 aromatic rings. The first kappa shape index (κ1) is 19.7. The number of carbonyl (C=O) groups excluding carboxylic acids is 1. The van der Waals surface area contributed by atoms with Crippen molar-refractivity contribution in [2.75, 3.05) is 26.2 Å². The van der Waals surface area contributed by atoms with Gasteiger partial charge in [-0.3, -0.25) is 4.79 Å². The molecular weight excluding hydrogens is 388 g/mol. The Morgan fingerprint density at radius 3 is 2.20 bits per heavy atom. The molecule has 0 spiro atoms. The van der Waals surface area contributed by atoms with Crippen LogP contribution < -0.4 is 0 Å². The molecular formula is C18H25BrN2O4. The molecule has 1 unspecified atom stereocenters. The predicted octanol–water partition coefficient (Wildman–Crippen LogP) is 2.91. The van der Waals surface area contributed by atoms with Crippen molar-refractivity contribution in [3.63, 3.8) is 0 Å². The zero-order valence-corrected chi connectivity index (χ0v) is 16.2. The highest BCUT2D eigenvalue weighted by Crippen LogP contribution is 2.36. The van der Waals surface area contributed by atoms with E-state index in [4.69, 9.17) is 5.11 Å². The van der Waals surface area contributed by atoms with Crippen LogP contribution in [-0.2, 0) is 4.79 Å². The van der Waals surface area contributed by atoms with Crippen LogP contribution in [0.15, 0.2) is 28.7 Å². The molecule has 1 heterocycles. The average Bonchev–Trinajstić information content (AvgIpc) is 2.61. The Labute approximate surface area is 156 Å². The maximum atomic E-state index is 13.2.